The fourth-order valence-corrected chi connectivity index (χ4v) is 2.61. The van der Waals surface area contributed by atoms with E-state index < -0.39 is 0 Å². The van der Waals surface area contributed by atoms with Crippen molar-refractivity contribution in [3.63, 3.8) is 0 Å². The van der Waals surface area contributed by atoms with Gasteiger partial charge in [-0.1, -0.05) is 6.42 Å². The second kappa shape index (κ2) is 2.63. The number of fused-ring (bicyclic) bond motifs is 1. The lowest BCUT2D eigenvalue weighted by Crippen LogP contribution is -2.59. The normalized spacial score (nSPS) is 36.8. The van der Waals surface area contributed by atoms with E-state index in [0.717, 1.165) is 12.5 Å². The highest BCUT2D eigenvalue weighted by atomic mass is 16.2. The SMILES string of the molecule is O=C(NC1CC1)N1CC2CCCC21. The Morgan fingerprint density at radius 1 is 1.23 bits per heavy atom. The molecule has 0 aromatic rings. The maximum absolute atomic E-state index is 11.6. The Morgan fingerprint density at radius 3 is 2.77 bits per heavy atom. The van der Waals surface area contributed by atoms with Gasteiger partial charge in [-0.05, 0) is 31.6 Å². The van der Waals surface area contributed by atoms with E-state index in [1.54, 1.807) is 0 Å². The average Bonchev–Trinajstić information content (AvgIpc) is 2.79. The number of carbonyl (C=O) groups is 1. The maximum Gasteiger partial charge on any atom is 0.317 e. The van der Waals surface area contributed by atoms with Crippen LogP contribution in [0.4, 0.5) is 4.79 Å². The van der Waals surface area contributed by atoms with Gasteiger partial charge in [0.05, 0.1) is 0 Å². The summed E-state index contributed by atoms with van der Waals surface area (Å²) in [4.78, 5) is 13.7. The fraction of sp³-hybridized carbons (Fsp3) is 0.900. The van der Waals surface area contributed by atoms with E-state index in [-0.39, 0.29) is 6.03 Å². The van der Waals surface area contributed by atoms with Crippen molar-refractivity contribution in [3.8, 4) is 0 Å². The van der Waals surface area contributed by atoms with Crippen LogP contribution in [0.3, 0.4) is 0 Å². The van der Waals surface area contributed by atoms with Crippen molar-refractivity contribution in [1.29, 1.82) is 0 Å². The van der Waals surface area contributed by atoms with Crippen LogP contribution in [-0.2, 0) is 0 Å². The molecule has 2 amide bonds. The maximum atomic E-state index is 11.6. The molecule has 0 radical (unpaired) electrons. The minimum atomic E-state index is 0.200. The van der Waals surface area contributed by atoms with Crippen LogP contribution >= 0.6 is 0 Å². The highest BCUT2D eigenvalue weighted by Crippen LogP contribution is 2.38. The van der Waals surface area contributed by atoms with E-state index in [1.807, 2.05) is 4.90 Å². The van der Waals surface area contributed by atoms with Crippen LogP contribution in [0.2, 0.25) is 0 Å². The topological polar surface area (TPSA) is 32.3 Å². The number of amides is 2. The summed E-state index contributed by atoms with van der Waals surface area (Å²) in [5, 5.41) is 3.06. The predicted octanol–water partition coefficient (Wildman–Crippen LogP) is 1.34. The number of nitrogens with one attached hydrogen (secondary N) is 1. The summed E-state index contributed by atoms with van der Waals surface area (Å²) >= 11 is 0. The first-order valence-corrected chi connectivity index (χ1v) is 5.42. The molecule has 0 bridgehead atoms. The Kier molecular flexibility index (Phi) is 1.55. The zero-order chi connectivity index (χ0) is 8.84. The van der Waals surface area contributed by atoms with E-state index in [9.17, 15) is 4.79 Å². The Hall–Kier alpha value is -0.730. The Morgan fingerprint density at radius 2 is 2.08 bits per heavy atom. The standard InChI is InChI=1S/C10H16N2O/c13-10(11-8-4-5-8)12-6-7-2-1-3-9(7)12/h7-9H,1-6H2,(H,11,13). The van der Waals surface area contributed by atoms with Crippen LogP contribution in [0.1, 0.15) is 32.1 Å². The molecule has 0 aromatic heterocycles. The van der Waals surface area contributed by atoms with Crippen LogP contribution in [-0.4, -0.2) is 29.6 Å². The second-order valence-electron chi connectivity index (χ2n) is 4.63. The van der Waals surface area contributed by atoms with Crippen molar-refractivity contribution < 1.29 is 4.79 Å². The molecule has 3 aliphatic rings. The highest BCUT2D eigenvalue weighted by Gasteiger charge is 2.45. The van der Waals surface area contributed by atoms with Gasteiger partial charge in [0.2, 0.25) is 0 Å². The van der Waals surface area contributed by atoms with E-state index >= 15 is 0 Å². The summed E-state index contributed by atoms with van der Waals surface area (Å²) in [5.74, 6) is 0.838. The number of hydrogen-bond donors (Lipinski definition) is 1. The highest BCUT2D eigenvalue weighted by molar-refractivity contribution is 5.76. The first-order valence-electron chi connectivity index (χ1n) is 5.42. The second-order valence-corrected chi connectivity index (χ2v) is 4.63. The van der Waals surface area contributed by atoms with Gasteiger partial charge in [-0.25, -0.2) is 4.79 Å². The number of nitrogens with zero attached hydrogens (tertiary/aromatic N) is 1. The molecule has 3 heteroatoms. The summed E-state index contributed by atoms with van der Waals surface area (Å²) < 4.78 is 0. The third-order valence-electron chi connectivity index (χ3n) is 3.62. The molecule has 0 aromatic carbocycles. The summed E-state index contributed by atoms with van der Waals surface area (Å²) in [6.45, 7) is 1.02. The van der Waals surface area contributed by atoms with E-state index in [0.29, 0.717) is 12.1 Å². The molecule has 3 nitrogen and oxygen atoms in total. The molecule has 0 spiro atoms. The van der Waals surface area contributed by atoms with Gasteiger partial charge >= 0.3 is 6.03 Å². The van der Waals surface area contributed by atoms with Crippen molar-refractivity contribution in [2.75, 3.05) is 6.54 Å². The molecule has 1 heterocycles. The third-order valence-corrected chi connectivity index (χ3v) is 3.62. The van der Waals surface area contributed by atoms with Crippen molar-refractivity contribution in [2.24, 2.45) is 5.92 Å². The molecular formula is C10H16N2O. The minimum absolute atomic E-state index is 0.200. The van der Waals surface area contributed by atoms with Crippen LogP contribution in [0.5, 0.6) is 0 Å². The van der Waals surface area contributed by atoms with Crippen LogP contribution < -0.4 is 5.32 Å². The molecule has 1 saturated heterocycles. The monoisotopic (exact) mass is 180 g/mol. The van der Waals surface area contributed by atoms with Gasteiger partial charge in [0.1, 0.15) is 0 Å². The molecular weight excluding hydrogens is 164 g/mol. The van der Waals surface area contributed by atoms with Crippen molar-refractivity contribution in [1.82, 2.24) is 10.2 Å². The van der Waals surface area contributed by atoms with Crippen molar-refractivity contribution >= 4 is 6.03 Å². The molecule has 2 aliphatic carbocycles. The van der Waals surface area contributed by atoms with Gasteiger partial charge in [-0.15, -0.1) is 0 Å². The molecule has 3 rings (SSSR count). The van der Waals surface area contributed by atoms with Gasteiger partial charge < -0.3 is 10.2 Å². The first-order chi connectivity index (χ1) is 6.34. The van der Waals surface area contributed by atoms with Crippen LogP contribution in [0.25, 0.3) is 0 Å². The number of urea groups is 1. The van der Waals surface area contributed by atoms with E-state index in [4.69, 9.17) is 0 Å². The average molecular weight is 180 g/mol. The number of carbonyl (C=O) groups excluding carboxylic acids is 1. The molecule has 13 heavy (non-hydrogen) atoms. The fourth-order valence-electron chi connectivity index (χ4n) is 2.61. The summed E-state index contributed by atoms with van der Waals surface area (Å²) in [6, 6.07) is 1.30. The number of likely N-dealkylation sites (tertiary alicyclic amines) is 1. The molecule has 2 unspecified atom stereocenters. The summed E-state index contributed by atoms with van der Waals surface area (Å²) in [7, 11) is 0. The largest absolute Gasteiger partial charge is 0.335 e. The molecule has 3 fully saturated rings. The summed E-state index contributed by atoms with van der Waals surface area (Å²) in [5.41, 5.74) is 0. The summed E-state index contributed by atoms with van der Waals surface area (Å²) in [6.07, 6.45) is 6.28. The van der Waals surface area contributed by atoms with Gasteiger partial charge in [0.15, 0.2) is 0 Å². The molecule has 2 saturated carbocycles. The van der Waals surface area contributed by atoms with E-state index in [2.05, 4.69) is 5.32 Å². The lowest BCUT2D eigenvalue weighted by molar-refractivity contribution is 0.0713. The molecule has 1 aliphatic heterocycles. The van der Waals surface area contributed by atoms with Crippen molar-refractivity contribution in [2.45, 2.75) is 44.2 Å². The third kappa shape index (κ3) is 1.21. The van der Waals surface area contributed by atoms with Crippen molar-refractivity contribution in [3.05, 3.63) is 0 Å². The van der Waals surface area contributed by atoms with Crippen LogP contribution in [0, 0.1) is 5.92 Å². The zero-order valence-electron chi connectivity index (χ0n) is 7.83. The Balaban J connectivity index is 1.57. The molecule has 2 atom stereocenters. The molecule has 72 valence electrons. The smallest absolute Gasteiger partial charge is 0.317 e. The quantitative estimate of drug-likeness (QED) is 0.649. The lowest BCUT2D eigenvalue weighted by atomic mass is 9.92. The predicted molar refractivity (Wildman–Crippen MR) is 49.4 cm³/mol. The van der Waals surface area contributed by atoms with Gasteiger partial charge in [-0.3, -0.25) is 0 Å². The van der Waals surface area contributed by atoms with Gasteiger partial charge in [-0.2, -0.15) is 0 Å². The number of hydrogen-bond acceptors (Lipinski definition) is 1. The van der Waals surface area contributed by atoms with Crippen LogP contribution in [0.15, 0.2) is 0 Å². The number of rotatable bonds is 1. The van der Waals surface area contributed by atoms with Gasteiger partial charge in [0.25, 0.3) is 0 Å². The van der Waals surface area contributed by atoms with Gasteiger partial charge in [0, 0.05) is 18.6 Å². The molecule has 1 N–H and O–H groups in total. The zero-order valence-corrected chi connectivity index (χ0v) is 7.83. The Bertz CT molecular complexity index is 237. The van der Waals surface area contributed by atoms with E-state index in [1.165, 1.54) is 32.1 Å². The minimum Gasteiger partial charge on any atom is -0.335 e. The Labute approximate surface area is 78.5 Å². The lowest BCUT2D eigenvalue weighted by Gasteiger charge is -2.44. The first kappa shape index (κ1) is 7.65.